The van der Waals surface area contributed by atoms with Crippen molar-refractivity contribution in [3.05, 3.63) is 0 Å². The number of imide groups is 1. The quantitative estimate of drug-likeness (QED) is 0.715. The molecule has 1 heterocycles. The van der Waals surface area contributed by atoms with Crippen molar-refractivity contribution in [3.63, 3.8) is 0 Å². The van der Waals surface area contributed by atoms with E-state index in [1.807, 2.05) is 0 Å². The second kappa shape index (κ2) is 3.55. The Morgan fingerprint density at radius 1 is 1.25 bits per heavy atom. The van der Waals surface area contributed by atoms with Crippen LogP contribution < -0.4 is 0 Å². The highest BCUT2D eigenvalue weighted by Gasteiger charge is 2.54. The first-order valence-electron chi connectivity index (χ1n) is 5.91. The Morgan fingerprint density at radius 2 is 1.81 bits per heavy atom. The highest BCUT2D eigenvalue weighted by Crippen LogP contribution is 2.42. The lowest BCUT2D eigenvalue weighted by Gasteiger charge is -2.36. The third-order valence-electron chi connectivity index (χ3n) is 3.93. The van der Waals surface area contributed by atoms with Gasteiger partial charge in [-0.05, 0) is 12.8 Å². The molecule has 2 fully saturated rings. The molecule has 4 nitrogen and oxygen atoms in total. The van der Waals surface area contributed by atoms with Gasteiger partial charge in [-0.15, -0.1) is 0 Å². The maximum absolute atomic E-state index is 12.2. The van der Waals surface area contributed by atoms with E-state index in [4.69, 9.17) is 0 Å². The monoisotopic (exact) mass is 225 g/mol. The Balaban J connectivity index is 2.33. The van der Waals surface area contributed by atoms with Crippen molar-refractivity contribution >= 4 is 11.8 Å². The van der Waals surface area contributed by atoms with Gasteiger partial charge in [0, 0.05) is 6.42 Å². The van der Waals surface area contributed by atoms with Crippen molar-refractivity contribution in [3.8, 4) is 0 Å². The van der Waals surface area contributed by atoms with E-state index in [0.717, 1.165) is 25.7 Å². The van der Waals surface area contributed by atoms with Gasteiger partial charge >= 0.3 is 0 Å². The number of carbonyl (C=O) groups is 2. The minimum Gasteiger partial charge on any atom is -0.394 e. The van der Waals surface area contributed by atoms with Gasteiger partial charge in [0.05, 0.1) is 17.6 Å². The standard InChI is InChI=1S/C12H19NO3/c1-11(2)7-9(15)13(10(11)16)12(8-14)5-3-4-6-12/h14H,3-8H2,1-2H3. The van der Waals surface area contributed by atoms with Crippen LogP contribution in [0.25, 0.3) is 0 Å². The zero-order valence-corrected chi connectivity index (χ0v) is 9.95. The molecule has 1 aliphatic carbocycles. The molecule has 2 rings (SSSR count). The summed E-state index contributed by atoms with van der Waals surface area (Å²) in [6.45, 7) is 3.50. The molecule has 2 aliphatic rings. The number of hydrogen-bond donors (Lipinski definition) is 1. The van der Waals surface area contributed by atoms with Crippen LogP contribution in [0.5, 0.6) is 0 Å². The molecule has 90 valence electrons. The van der Waals surface area contributed by atoms with Crippen LogP contribution in [0, 0.1) is 5.41 Å². The molecule has 1 N–H and O–H groups in total. The molecule has 1 aliphatic heterocycles. The number of aliphatic hydroxyl groups excluding tert-OH is 1. The number of rotatable bonds is 2. The lowest BCUT2D eigenvalue weighted by Crippen LogP contribution is -2.53. The lowest BCUT2D eigenvalue weighted by atomic mass is 9.91. The van der Waals surface area contributed by atoms with E-state index in [9.17, 15) is 14.7 Å². The molecule has 0 aromatic heterocycles. The first kappa shape index (κ1) is 11.6. The summed E-state index contributed by atoms with van der Waals surface area (Å²) in [5.41, 5.74) is -1.19. The van der Waals surface area contributed by atoms with Crippen molar-refractivity contribution in [2.24, 2.45) is 5.41 Å². The van der Waals surface area contributed by atoms with Crippen LogP contribution >= 0.6 is 0 Å². The molecule has 1 saturated carbocycles. The first-order valence-corrected chi connectivity index (χ1v) is 5.91. The highest BCUT2D eigenvalue weighted by molar-refractivity contribution is 6.06. The van der Waals surface area contributed by atoms with Crippen LogP contribution in [0.1, 0.15) is 46.0 Å². The molecule has 2 amide bonds. The molecule has 0 aromatic carbocycles. The molecule has 0 bridgehead atoms. The molecule has 4 heteroatoms. The third kappa shape index (κ3) is 1.47. The second-order valence-electron chi connectivity index (χ2n) is 5.68. The van der Waals surface area contributed by atoms with Gasteiger partial charge in [-0.1, -0.05) is 26.7 Å². The molecule has 0 unspecified atom stereocenters. The Morgan fingerprint density at radius 3 is 2.19 bits per heavy atom. The summed E-state index contributed by atoms with van der Waals surface area (Å²) >= 11 is 0. The predicted octanol–water partition coefficient (Wildman–Crippen LogP) is 1.08. The van der Waals surface area contributed by atoms with Gasteiger partial charge in [-0.3, -0.25) is 14.5 Å². The van der Waals surface area contributed by atoms with Crippen molar-refractivity contribution < 1.29 is 14.7 Å². The molecule has 0 atom stereocenters. The minimum absolute atomic E-state index is 0.0967. The SMILES string of the molecule is CC1(C)CC(=O)N(C2(CO)CCCC2)C1=O. The fourth-order valence-corrected chi connectivity index (χ4v) is 2.91. The number of nitrogens with zero attached hydrogens (tertiary/aromatic N) is 1. The topological polar surface area (TPSA) is 57.6 Å². The van der Waals surface area contributed by atoms with Crippen molar-refractivity contribution in [2.45, 2.75) is 51.5 Å². The second-order valence-corrected chi connectivity index (χ2v) is 5.68. The molecular formula is C12H19NO3. The zero-order chi connectivity index (χ0) is 12.0. The summed E-state index contributed by atoms with van der Waals surface area (Å²) in [6, 6.07) is 0. The van der Waals surface area contributed by atoms with Gasteiger partial charge in [0.2, 0.25) is 11.8 Å². The summed E-state index contributed by atoms with van der Waals surface area (Å²) in [7, 11) is 0. The van der Waals surface area contributed by atoms with Gasteiger partial charge in [-0.2, -0.15) is 0 Å². The summed E-state index contributed by atoms with van der Waals surface area (Å²) in [5.74, 6) is -0.237. The molecule has 0 aromatic rings. The van der Waals surface area contributed by atoms with Gasteiger partial charge in [0.15, 0.2) is 0 Å². The van der Waals surface area contributed by atoms with Gasteiger partial charge in [0.25, 0.3) is 0 Å². The Kier molecular flexibility index (Phi) is 2.57. The van der Waals surface area contributed by atoms with Crippen LogP contribution in [0.15, 0.2) is 0 Å². The highest BCUT2D eigenvalue weighted by atomic mass is 16.3. The van der Waals surface area contributed by atoms with Gasteiger partial charge < -0.3 is 5.11 Å². The average molecular weight is 225 g/mol. The average Bonchev–Trinajstić information content (AvgIpc) is 2.73. The van der Waals surface area contributed by atoms with E-state index >= 15 is 0 Å². The Hall–Kier alpha value is -0.900. The van der Waals surface area contributed by atoms with Crippen LogP contribution in [0.3, 0.4) is 0 Å². The van der Waals surface area contributed by atoms with E-state index < -0.39 is 11.0 Å². The number of likely N-dealkylation sites (tertiary alicyclic amines) is 1. The third-order valence-corrected chi connectivity index (χ3v) is 3.93. The summed E-state index contributed by atoms with van der Waals surface area (Å²) in [5, 5.41) is 9.54. The zero-order valence-electron chi connectivity index (χ0n) is 9.95. The largest absolute Gasteiger partial charge is 0.394 e. The first-order chi connectivity index (χ1) is 7.43. The van der Waals surface area contributed by atoms with Crippen LogP contribution in [-0.2, 0) is 9.59 Å². The fourth-order valence-electron chi connectivity index (χ4n) is 2.91. The summed E-state index contributed by atoms with van der Waals surface area (Å²) < 4.78 is 0. The van der Waals surface area contributed by atoms with Crippen molar-refractivity contribution in [1.82, 2.24) is 4.90 Å². The predicted molar refractivity (Wildman–Crippen MR) is 58.5 cm³/mol. The summed E-state index contributed by atoms with van der Waals surface area (Å²) in [4.78, 5) is 25.5. The summed E-state index contributed by atoms with van der Waals surface area (Å²) in [6.07, 6.45) is 3.73. The normalized spacial score (nSPS) is 27.8. The fraction of sp³-hybridized carbons (Fsp3) is 0.833. The smallest absolute Gasteiger partial charge is 0.235 e. The number of hydrogen-bond acceptors (Lipinski definition) is 3. The molecule has 0 spiro atoms. The number of aliphatic hydroxyl groups is 1. The Labute approximate surface area is 95.6 Å². The van der Waals surface area contributed by atoms with E-state index in [0.29, 0.717) is 0 Å². The maximum atomic E-state index is 12.2. The van der Waals surface area contributed by atoms with E-state index in [-0.39, 0.29) is 24.8 Å². The lowest BCUT2D eigenvalue weighted by molar-refractivity contribution is -0.150. The van der Waals surface area contributed by atoms with E-state index in [1.54, 1.807) is 13.8 Å². The van der Waals surface area contributed by atoms with Crippen LogP contribution in [-0.4, -0.2) is 34.0 Å². The molecule has 0 radical (unpaired) electrons. The van der Waals surface area contributed by atoms with Crippen LogP contribution in [0.2, 0.25) is 0 Å². The maximum Gasteiger partial charge on any atom is 0.235 e. The van der Waals surface area contributed by atoms with E-state index in [2.05, 4.69) is 0 Å². The Bertz CT molecular complexity index is 329. The van der Waals surface area contributed by atoms with Crippen molar-refractivity contribution in [1.29, 1.82) is 0 Å². The van der Waals surface area contributed by atoms with Gasteiger partial charge in [-0.25, -0.2) is 0 Å². The molecular weight excluding hydrogens is 206 g/mol. The molecule has 1 saturated heterocycles. The minimum atomic E-state index is -0.595. The molecule has 16 heavy (non-hydrogen) atoms. The van der Waals surface area contributed by atoms with E-state index in [1.165, 1.54) is 4.90 Å². The van der Waals surface area contributed by atoms with Crippen molar-refractivity contribution in [2.75, 3.05) is 6.61 Å². The number of carbonyl (C=O) groups excluding carboxylic acids is 2. The van der Waals surface area contributed by atoms with Gasteiger partial charge in [0.1, 0.15) is 0 Å². The number of amides is 2. The van der Waals surface area contributed by atoms with Crippen LogP contribution in [0.4, 0.5) is 0 Å².